The molecule has 25 heavy (non-hydrogen) atoms. The van der Waals surface area contributed by atoms with Crippen LogP contribution in [0.3, 0.4) is 0 Å². The van der Waals surface area contributed by atoms with Gasteiger partial charge in [0.25, 0.3) is 5.91 Å². The Morgan fingerprint density at radius 2 is 1.84 bits per heavy atom. The lowest BCUT2D eigenvalue weighted by atomic mass is 10.2. The highest BCUT2D eigenvalue weighted by Gasteiger charge is 2.17. The van der Waals surface area contributed by atoms with Crippen LogP contribution in [0.2, 0.25) is 0 Å². The summed E-state index contributed by atoms with van der Waals surface area (Å²) in [6.45, 7) is 6.43. The van der Waals surface area contributed by atoms with Gasteiger partial charge in [-0.15, -0.1) is 0 Å². The third-order valence-corrected chi connectivity index (χ3v) is 4.78. The van der Waals surface area contributed by atoms with Gasteiger partial charge in [0.2, 0.25) is 0 Å². The van der Waals surface area contributed by atoms with Crippen LogP contribution in [0.4, 0.5) is 0 Å². The molecule has 2 aromatic rings. The average Bonchev–Trinajstić information content (AvgIpc) is 3.25. The van der Waals surface area contributed by atoms with Crippen LogP contribution in [0.1, 0.15) is 23.2 Å². The molecule has 0 aromatic carbocycles. The topological polar surface area (TPSA) is 58.3 Å². The highest BCUT2D eigenvalue weighted by Crippen LogP contribution is 2.13. The van der Waals surface area contributed by atoms with Gasteiger partial charge in [0, 0.05) is 52.2 Å². The molecule has 0 aliphatic carbocycles. The molecule has 0 radical (unpaired) electrons. The molecular formula is C18H28N6O. The van der Waals surface area contributed by atoms with Gasteiger partial charge >= 0.3 is 0 Å². The third-order valence-electron chi connectivity index (χ3n) is 4.78. The van der Waals surface area contributed by atoms with E-state index in [9.17, 15) is 4.79 Å². The van der Waals surface area contributed by atoms with Gasteiger partial charge in [0.1, 0.15) is 11.4 Å². The zero-order chi connectivity index (χ0) is 17.6. The molecule has 0 saturated carbocycles. The monoisotopic (exact) mass is 344 g/mol. The van der Waals surface area contributed by atoms with Crippen LogP contribution in [0, 0.1) is 0 Å². The first-order valence-electron chi connectivity index (χ1n) is 8.99. The molecule has 3 rings (SSSR count). The fraction of sp³-hybridized carbons (Fsp3) is 0.556. The average molecular weight is 344 g/mol. The number of rotatable bonds is 7. The fourth-order valence-electron chi connectivity index (χ4n) is 3.20. The highest BCUT2D eigenvalue weighted by atomic mass is 16.1. The molecule has 1 N–H and O–H groups in total. The number of hydrogen-bond donors (Lipinski definition) is 1. The largest absolute Gasteiger partial charge is 0.352 e. The molecule has 2 aromatic heterocycles. The zero-order valence-corrected chi connectivity index (χ0v) is 15.2. The highest BCUT2D eigenvalue weighted by molar-refractivity contribution is 5.97. The molecule has 1 aliphatic rings. The second kappa shape index (κ2) is 8.31. The summed E-state index contributed by atoms with van der Waals surface area (Å²) >= 11 is 0. The van der Waals surface area contributed by atoms with E-state index < -0.39 is 0 Å². The van der Waals surface area contributed by atoms with Crippen molar-refractivity contribution >= 4 is 5.91 Å². The van der Waals surface area contributed by atoms with Gasteiger partial charge in [-0.05, 0) is 38.6 Å². The molecule has 0 atom stereocenters. The number of nitrogens with zero attached hydrogens (tertiary/aromatic N) is 5. The normalized spacial score (nSPS) is 16.2. The molecule has 0 unspecified atom stereocenters. The molecule has 0 spiro atoms. The number of aromatic nitrogens is 3. The second-order valence-electron chi connectivity index (χ2n) is 6.70. The van der Waals surface area contributed by atoms with Crippen molar-refractivity contribution in [3.8, 4) is 5.82 Å². The van der Waals surface area contributed by atoms with E-state index in [4.69, 9.17) is 0 Å². The van der Waals surface area contributed by atoms with Crippen molar-refractivity contribution in [2.45, 2.75) is 12.8 Å². The summed E-state index contributed by atoms with van der Waals surface area (Å²) in [6.07, 6.45) is 7.58. The zero-order valence-electron chi connectivity index (χ0n) is 15.2. The lowest BCUT2D eigenvalue weighted by molar-refractivity contribution is 0.0952. The summed E-state index contributed by atoms with van der Waals surface area (Å²) in [5, 5.41) is 7.26. The van der Waals surface area contributed by atoms with Crippen molar-refractivity contribution < 1.29 is 4.79 Å². The Kier molecular flexibility index (Phi) is 5.88. The number of carbonyl (C=O) groups excluding carboxylic acids is 1. The maximum atomic E-state index is 12.5. The Hall–Kier alpha value is -2.12. The number of nitrogens with one attached hydrogen (secondary N) is 1. The number of carbonyl (C=O) groups is 1. The van der Waals surface area contributed by atoms with Crippen LogP contribution >= 0.6 is 0 Å². The predicted octanol–water partition coefficient (Wildman–Crippen LogP) is 0.968. The molecule has 1 amide bonds. The number of aryl methyl sites for hydroxylation is 1. The molecule has 1 saturated heterocycles. The quantitative estimate of drug-likeness (QED) is 0.761. The van der Waals surface area contributed by atoms with Gasteiger partial charge in [-0.1, -0.05) is 0 Å². The Labute approximate surface area is 149 Å². The molecule has 3 heterocycles. The summed E-state index contributed by atoms with van der Waals surface area (Å²) < 4.78 is 3.64. The second-order valence-corrected chi connectivity index (χ2v) is 6.70. The van der Waals surface area contributed by atoms with Crippen molar-refractivity contribution in [3.63, 3.8) is 0 Å². The number of piperazine rings is 1. The summed E-state index contributed by atoms with van der Waals surface area (Å²) in [7, 11) is 4.02. The maximum Gasteiger partial charge on any atom is 0.256 e. The van der Waals surface area contributed by atoms with Crippen LogP contribution in [0.15, 0.2) is 30.7 Å². The van der Waals surface area contributed by atoms with Crippen LogP contribution in [0.5, 0.6) is 0 Å². The van der Waals surface area contributed by atoms with Crippen LogP contribution in [-0.2, 0) is 7.05 Å². The van der Waals surface area contributed by atoms with E-state index >= 15 is 0 Å². The summed E-state index contributed by atoms with van der Waals surface area (Å²) in [6, 6.07) is 3.88. The fourth-order valence-corrected chi connectivity index (χ4v) is 3.20. The Bertz CT molecular complexity index is 670. The molecule has 1 aliphatic heterocycles. The Balaban J connectivity index is 1.43. The first kappa shape index (κ1) is 17.7. The smallest absolute Gasteiger partial charge is 0.256 e. The minimum atomic E-state index is -0.0589. The number of amides is 1. The van der Waals surface area contributed by atoms with Crippen LogP contribution in [-0.4, -0.2) is 76.4 Å². The lowest BCUT2D eigenvalue weighted by Gasteiger charge is -2.32. The minimum absolute atomic E-state index is 0.0589. The summed E-state index contributed by atoms with van der Waals surface area (Å²) in [5.41, 5.74) is 0.609. The van der Waals surface area contributed by atoms with E-state index in [0.29, 0.717) is 12.1 Å². The van der Waals surface area contributed by atoms with Crippen LogP contribution < -0.4 is 5.32 Å². The number of likely N-dealkylation sites (N-methyl/N-ethyl adjacent to an activating group) is 1. The van der Waals surface area contributed by atoms with E-state index in [1.165, 1.54) is 0 Å². The number of unbranched alkanes of at least 4 members (excludes halogenated alkanes) is 1. The van der Waals surface area contributed by atoms with E-state index in [0.717, 1.165) is 51.4 Å². The van der Waals surface area contributed by atoms with Gasteiger partial charge in [-0.2, -0.15) is 5.10 Å². The van der Waals surface area contributed by atoms with Crippen molar-refractivity contribution in [1.82, 2.24) is 29.5 Å². The molecular weight excluding hydrogens is 316 g/mol. The van der Waals surface area contributed by atoms with E-state index in [2.05, 4.69) is 27.3 Å². The van der Waals surface area contributed by atoms with Crippen molar-refractivity contribution in [2.24, 2.45) is 7.05 Å². The van der Waals surface area contributed by atoms with E-state index in [-0.39, 0.29) is 5.91 Å². The predicted molar refractivity (Wildman–Crippen MR) is 98.0 cm³/mol. The van der Waals surface area contributed by atoms with E-state index in [1.54, 1.807) is 10.9 Å². The molecule has 0 bridgehead atoms. The molecule has 1 fully saturated rings. The van der Waals surface area contributed by atoms with Gasteiger partial charge in [-0.25, -0.2) is 0 Å². The van der Waals surface area contributed by atoms with Crippen molar-refractivity contribution in [2.75, 3.05) is 46.3 Å². The van der Waals surface area contributed by atoms with Gasteiger partial charge in [0.15, 0.2) is 0 Å². The SMILES string of the molecule is CN1CCN(CCCCNC(=O)c2cnn(C)c2-n2cccc2)CC1. The Morgan fingerprint density at radius 3 is 2.56 bits per heavy atom. The van der Waals surface area contributed by atoms with Gasteiger partial charge in [-0.3, -0.25) is 9.48 Å². The molecule has 136 valence electrons. The minimum Gasteiger partial charge on any atom is -0.352 e. The summed E-state index contributed by atoms with van der Waals surface area (Å²) in [4.78, 5) is 17.4. The van der Waals surface area contributed by atoms with Crippen LogP contribution in [0.25, 0.3) is 5.82 Å². The van der Waals surface area contributed by atoms with Gasteiger partial charge < -0.3 is 19.7 Å². The number of hydrogen-bond acceptors (Lipinski definition) is 4. The Morgan fingerprint density at radius 1 is 1.12 bits per heavy atom. The standard InChI is InChI=1S/C18H28N6O/c1-21-11-13-23(14-12-21)8-4-3-7-19-17(25)16-15-20-22(2)18(16)24-9-5-6-10-24/h5-6,9-10,15H,3-4,7-8,11-14H2,1-2H3,(H,19,25). The lowest BCUT2D eigenvalue weighted by Crippen LogP contribution is -2.44. The van der Waals surface area contributed by atoms with Crippen molar-refractivity contribution in [1.29, 1.82) is 0 Å². The third kappa shape index (κ3) is 4.49. The first-order valence-corrected chi connectivity index (χ1v) is 8.99. The summed E-state index contributed by atoms with van der Waals surface area (Å²) in [5.74, 6) is 0.733. The van der Waals surface area contributed by atoms with Crippen molar-refractivity contribution in [3.05, 3.63) is 36.3 Å². The first-order chi connectivity index (χ1) is 12.1. The molecule has 7 heteroatoms. The van der Waals surface area contributed by atoms with Gasteiger partial charge in [0.05, 0.1) is 6.20 Å². The van der Waals surface area contributed by atoms with E-state index in [1.807, 2.05) is 36.1 Å². The molecule has 7 nitrogen and oxygen atoms in total. The maximum absolute atomic E-state index is 12.5.